The zero-order valence-corrected chi connectivity index (χ0v) is 12.8. The van der Waals surface area contributed by atoms with E-state index in [1.165, 1.54) is 5.56 Å². The van der Waals surface area contributed by atoms with Crippen LogP contribution in [0.5, 0.6) is 0 Å². The lowest BCUT2D eigenvalue weighted by atomic mass is 9.99. The molecule has 1 heterocycles. The summed E-state index contributed by atoms with van der Waals surface area (Å²) >= 11 is 0. The van der Waals surface area contributed by atoms with Crippen LogP contribution in [0.3, 0.4) is 0 Å². The topological polar surface area (TPSA) is 61.4 Å². The fourth-order valence-corrected chi connectivity index (χ4v) is 2.85. The lowest BCUT2D eigenvalue weighted by Crippen LogP contribution is -2.32. The molecule has 0 aromatic heterocycles. The van der Waals surface area contributed by atoms with E-state index in [1.807, 2.05) is 24.3 Å². The van der Waals surface area contributed by atoms with Gasteiger partial charge in [-0.2, -0.15) is 0 Å². The molecule has 4 nitrogen and oxygen atoms in total. The van der Waals surface area contributed by atoms with E-state index in [2.05, 4.69) is 46.8 Å². The first kappa shape index (κ1) is 15.5. The van der Waals surface area contributed by atoms with E-state index in [-0.39, 0.29) is 12.0 Å². The minimum Gasteiger partial charge on any atom is -0.480 e. The second kappa shape index (κ2) is 7.28. The summed E-state index contributed by atoms with van der Waals surface area (Å²) in [6.07, 6.45) is 6.76. The fraction of sp³-hybridized carbons (Fsp3) is 0.316. The van der Waals surface area contributed by atoms with Gasteiger partial charge in [0.1, 0.15) is 6.04 Å². The summed E-state index contributed by atoms with van der Waals surface area (Å²) in [5.74, 6) is 5.71. The van der Waals surface area contributed by atoms with Crippen molar-refractivity contribution in [2.45, 2.75) is 24.4 Å². The minimum absolute atomic E-state index is 0.120. The Hall–Kier alpha value is -2.35. The second-order valence-corrected chi connectivity index (χ2v) is 5.87. The first-order chi connectivity index (χ1) is 11.2. The fourth-order valence-electron chi connectivity index (χ4n) is 2.85. The molecule has 0 spiro atoms. The quantitative estimate of drug-likeness (QED) is 0.724. The van der Waals surface area contributed by atoms with E-state index in [0.29, 0.717) is 19.5 Å². The normalized spacial score (nSPS) is 26.1. The van der Waals surface area contributed by atoms with Crippen molar-refractivity contribution < 1.29 is 9.90 Å². The number of rotatable bonds is 5. The highest BCUT2D eigenvalue weighted by Gasteiger charge is 2.28. The number of nitrogens with one attached hydrogen (secondary N) is 2. The van der Waals surface area contributed by atoms with Gasteiger partial charge in [0.25, 0.3) is 0 Å². The van der Waals surface area contributed by atoms with Gasteiger partial charge in [0.15, 0.2) is 0 Å². The maximum atomic E-state index is 10.9. The van der Waals surface area contributed by atoms with Gasteiger partial charge in [-0.05, 0) is 23.6 Å². The van der Waals surface area contributed by atoms with Gasteiger partial charge in [0.2, 0.25) is 0 Å². The molecule has 3 atom stereocenters. The number of hydrogen-bond acceptors (Lipinski definition) is 3. The number of benzene rings is 1. The smallest absolute Gasteiger partial charge is 0.320 e. The van der Waals surface area contributed by atoms with E-state index >= 15 is 0 Å². The van der Waals surface area contributed by atoms with E-state index < -0.39 is 12.0 Å². The molecule has 1 aliphatic heterocycles. The number of aliphatic carboxylic acids is 1. The molecule has 2 aliphatic rings. The monoisotopic (exact) mass is 308 g/mol. The Morgan fingerprint density at radius 3 is 2.91 bits per heavy atom. The van der Waals surface area contributed by atoms with Crippen molar-refractivity contribution in [3.05, 3.63) is 59.7 Å². The van der Waals surface area contributed by atoms with Crippen molar-refractivity contribution in [2.24, 2.45) is 0 Å². The molecule has 4 heteroatoms. The van der Waals surface area contributed by atoms with Gasteiger partial charge in [0, 0.05) is 19.1 Å². The van der Waals surface area contributed by atoms with E-state index in [9.17, 15) is 4.79 Å². The summed E-state index contributed by atoms with van der Waals surface area (Å²) in [7, 11) is 0. The minimum atomic E-state index is -0.778. The third-order valence-electron chi connectivity index (χ3n) is 4.18. The van der Waals surface area contributed by atoms with Crippen LogP contribution in [0.2, 0.25) is 0 Å². The average molecular weight is 308 g/mol. The van der Waals surface area contributed by atoms with Gasteiger partial charge in [-0.3, -0.25) is 4.79 Å². The van der Waals surface area contributed by atoms with Crippen molar-refractivity contribution in [1.82, 2.24) is 10.6 Å². The van der Waals surface area contributed by atoms with Gasteiger partial charge >= 0.3 is 5.97 Å². The van der Waals surface area contributed by atoms with Crippen molar-refractivity contribution in [2.75, 3.05) is 13.1 Å². The van der Waals surface area contributed by atoms with Crippen molar-refractivity contribution in [1.29, 1.82) is 0 Å². The Kier molecular flexibility index (Phi) is 4.92. The van der Waals surface area contributed by atoms with Crippen molar-refractivity contribution >= 4 is 5.97 Å². The molecule has 1 unspecified atom stereocenters. The van der Waals surface area contributed by atoms with Crippen molar-refractivity contribution in [3.63, 3.8) is 0 Å². The lowest BCUT2D eigenvalue weighted by molar-refractivity contribution is -0.139. The summed E-state index contributed by atoms with van der Waals surface area (Å²) in [4.78, 5) is 10.9. The summed E-state index contributed by atoms with van der Waals surface area (Å²) in [6, 6.07) is 9.98. The molecule has 1 aromatic rings. The Morgan fingerprint density at radius 1 is 1.35 bits per heavy atom. The van der Waals surface area contributed by atoms with Crippen LogP contribution in [0.1, 0.15) is 17.9 Å². The summed E-state index contributed by atoms with van der Waals surface area (Å²) in [5, 5.41) is 15.4. The van der Waals surface area contributed by atoms with Gasteiger partial charge in [-0.1, -0.05) is 54.3 Å². The Bertz CT molecular complexity index is 682. The predicted molar refractivity (Wildman–Crippen MR) is 90.0 cm³/mol. The molecular weight excluding hydrogens is 288 g/mol. The van der Waals surface area contributed by atoms with Crippen molar-refractivity contribution in [3.8, 4) is 11.8 Å². The molecule has 0 radical (unpaired) electrons. The number of carboxylic acids is 1. The van der Waals surface area contributed by atoms with Gasteiger partial charge in [0.05, 0.1) is 5.92 Å². The van der Waals surface area contributed by atoms with Crippen LogP contribution in [0.4, 0.5) is 0 Å². The van der Waals surface area contributed by atoms with E-state index in [4.69, 9.17) is 5.11 Å². The highest BCUT2D eigenvalue weighted by molar-refractivity contribution is 5.74. The Morgan fingerprint density at radius 2 is 2.17 bits per heavy atom. The van der Waals surface area contributed by atoms with E-state index in [1.54, 1.807) is 0 Å². The summed E-state index contributed by atoms with van der Waals surface area (Å²) < 4.78 is 0. The summed E-state index contributed by atoms with van der Waals surface area (Å²) in [5.41, 5.74) is 2.32. The zero-order chi connectivity index (χ0) is 16.1. The molecule has 0 saturated carbocycles. The third-order valence-corrected chi connectivity index (χ3v) is 4.18. The Balaban J connectivity index is 1.54. The van der Waals surface area contributed by atoms with Crippen LogP contribution in [-0.2, 0) is 4.79 Å². The van der Waals surface area contributed by atoms with Crippen LogP contribution >= 0.6 is 0 Å². The molecule has 1 aromatic carbocycles. The van der Waals surface area contributed by atoms with Gasteiger partial charge < -0.3 is 15.7 Å². The molecule has 1 aliphatic carbocycles. The molecule has 1 saturated heterocycles. The highest BCUT2D eigenvalue weighted by atomic mass is 16.4. The Labute approximate surface area is 136 Å². The van der Waals surface area contributed by atoms with Crippen LogP contribution in [-0.4, -0.2) is 36.2 Å². The molecule has 3 rings (SSSR count). The SMILES string of the molecule is O=C(O)[C@@H]1C[C@H](NCC2=CC#CC(c3ccccc3)C=C2)CN1. The van der Waals surface area contributed by atoms with Crippen LogP contribution in [0.15, 0.2) is 54.1 Å². The summed E-state index contributed by atoms with van der Waals surface area (Å²) in [6.45, 7) is 1.39. The molecule has 1 fully saturated rings. The van der Waals surface area contributed by atoms with Crippen LogP contribution in [0, 0.1) is 11.8 Å². The highest BCUT2D eigenvalue weighted by Crippen LogP contribution is 2.18. The number of carbonyl (C=O) groups is 1. The second-order valence-electron chi connectivity index (χ2n) is 5.87. The van der Waals surface area contributed by atoms with Gasteiger partial charge in [-0.15, -0.1) is 0 Å². The molecule has 23 heavy (non-hydrogen) atoms. The van der Waals surface area contributed by atoms with E-state index in [0.717, 1.165) is 5.57 Å². The lowest BCUT2D eigenvalue weighted by Gasteiger charge is -2.11. The average Bonchev–Trinajstić information content (AvgIpc) is 2.92. The largest absolute Gasteiger partial charge is 0.480 e. The maximum absolute atomic E-state index is 10.9. The zero-order valence-electron chi connectivity index (χ0n) is 12.8. The van der Waals surface area contributed by atoms with Gasteiger partial charge in [-0.25, -0.2) is 0 Å². The van der Waals surface area contributed by atoms with Crippen LogP contribution < -0.4 is 10.6 Å². The maximum Gasteiger partial charge on any atom is 0.320 e. The molecule has 3 N–H and O–H groups in total. The number of carboxylic acid groups (broad SMARTS) is 1. The molecule has 0 amide bonds. The first-order valence-electron chi connectivity index (χ1n) is 7.85. The molecule has 118 valence electrons. The number of allylic oxidation sites excluding steroid dienone is 2. The first-order valence-corrected chi connectivity index (χ1v) is 7.85. The standard InChI is InChI=1S/C19H20N2O2/c22-19(23)18-11-17(13-21-18)20-12-14-5-4-8-16(10-9-14)15-6-2-1-3-7-15/h1-3,5-7,9-10,16-18,20-21H,11-13H2,(H,22,23)/t16?,17-,18-/m0/s1. The van der Waals surface area contributed by atoms with Crippen LogP contribution in [0.25, 0.3) is 0 Å². The molecular formula is C19H20N2O2. The third kappa shape index (κ3) is 4.10. The molecule has 0 bridgehead atoms. The predicted octanol–water partition coefficient (Wildman–Crippen LogP) is 1.67. The number of hydrogen-bond donors (Lipinski definition) is 3.